The monoisotopic (exact) mass is 371 g/mol. The predicted octanol–water partition coefficient (Wildman–Crippen LogP) is 2.71. The van der Waals surface area contributed by atoms with E-state index in [0.717, 1.165) is 11.1 Å². The molecule has 8 heteroatoms. The number of rotatable bonds is 4. The zero-order valence-electron chi connectivity index (χ0n) is 15.1. The maximum Gasteiger partial charge on any atom is 0.241 e. The number of aromatic nitrogens is 4. The largest absolute Gasteiger partial charge is 0.272 e. The first kappa shape index (κ1) is 18.2. The van der Waals surface area contributed by atoms with Gasteiger partial charge in [0.2, 0.25) is 10.0 Å². The Morgan fingerprint density at radius 3 is 2.31 bits per heavy atom. The van der Waals surface area contributed by atoms with Crippen molar-refractivity contribution in [1.82, 2.24) is 24.5 Å². The molecule has 0 aliphatic rings. The molecule has 0 fully saturated rings. The van der Waals surface area contributed by atoms with Gasteiger partial charge in [0.25, 0.3) is 0 Å². The molecule has 2 heterocycles. The van der Waals surface area contributed by atoms with Gasteiger partial charge in [-0.2, -0.15) is 0 Å². The molecule has 1 N–H and O–H groups in total. The van der Waals surface area contributed by atoms with E-state index < -0.39 is 15.6 Å². The van der Waals surface area contributed by atoms with E-state index in [0.29, 0.717) is 11.4 Å². The summed E-state index contributed by atoms with van der Waals surface area (Å²) >= 11 is 0. The minimum atomic E-state index is -3.67. The summed E-state index contributed by atoms with van der Waals surface area (Å²) in [5.74, 6) is 0.671. The average molecular weight is 371 g/mol. The smallest absolute Gasteiger partial charge is 0.241 e. The van der Waals surface area contributed by atoms with E-state index in [-0.39, 0.29) is 4.90 Å². The molecule has 0 aliphatic heterocycles. The highest BCUT2D eigenvalue weighted by Gasteiger charge is 2.25. The number of nitrogens with zero attached hydrogens (tertiary/aromatic N) is 4. The maximum atomic E-state index is 12.9. The van der Waals surface area contributed by atoms with Gasteiger partial charge in [-0.25, -0.2) is 18.1 Å². The lowest BCUT2D eigenvalue weighted by Crippen LogP contribution is -2.40. The zero-order valence-corrected chi connectivity index (χ0v) is 15.9. The third-order valence-electron chi connectivity index (χ3n) is 3.69. The van der Waals surface area contributed by atoms with E-state index in [4.69, 9.17) is 0 Å². The molecular formula is C18H21N5O2S. The quantitative estimate of drug-likeness (QED) is 0.761. The van der Waals surface area contributed by atoms with Crippen molar-refractivity contribution in [3.63, 3.8) is 0 Å². The van der Waals surface area contributed by atoms with Crippen LogP contribution in [0.2, 0.25) is 0 Å². The van der Waals surface area contributed by atoms with E-state index >= 15 is 0 Å². The van der Waals surface area contributed by atoms with Gasteiger partial charge in [-0.1, -0.05) is 18.2 Å². The molecule has 0 aliphatic carbocycles. The van der Waals surface area contributed by atoms with Crippen LogP contribution >= 0.6 is 0 Å². The first-order valence-electron chi connectivity index (χ1n) is 8.12. The summed E-state index contributed by atoms with van der Waals surface area (Å²) in [7, 11) is -3.67. The van der Waals surface area contributed by atoms with Gasteiger partial charge in [-0.15, -0.1) is 10.2 Å². The lowest BCUT2D eigenvalue weighted by atomic mass is 10.0. The van der Waals surface area contributed by atoms with E-state index in [2.05, 4.69) is 19.9 Å². The van der Waals surface area contributed by atoms with Gasteiger partial charge in [0.15, 0.2) is 0 Å². The number of aryl methyl sites for hydroxylation is 1. The Hall–Kier alpha value is -2.58. The molecule has 1 aromatic carbocycles. The Labute approximate surface area is 153 Å². The lowest BCUT2D eigenvalue weighted by molar-refractivity contribution is 0.491. The van der Waals surface area contributed by atoms with Gasteiger partial charge in [-0.3, -0.25) is 4.57 Å². The van der Waals surface area contributed by atoms with E-state index in [1.165, 1.54) is 0 Å². The van der Waals surface area contributed by atoms with Gasteiger partial charge in [0.1, 0.15) is 18.5 Å². The van der Waals surface area contributed by atoms with Crippen LogP contribution in [0.4, 0.5) is 0 Å². The van der Waals surface area contributed by atoms with Gasteiger partial charge in [-0.05, 0) is 45.4 Å². The summed E-state index contributed by atoms with van der Waals surface area (Å²) in [5, 5.41) is 7.55. The standard InChI is InChI=1S/C18H21N5O2S/c1-13-9-17(23-11-20-21-12-23)19-10-15(13)14-7-5-6-8-16(14)26(24,25)22-18(2,3)4/h5-12,22H,1-4H3. The highest BCUT2D eigenvalue weighted by molar-refractivity contribution is 7.89. The third-order valence-corrected chi connectivity index (χ3v) is 5.50. The van der Waals surface area contributed by atoms with Crippen LogP contribution in [-0.2, 0) is 10.0 Å². The van der Waals surface area contributed by atoms with Gasteiger partial charge in [0.05, 0.1) is 4.90 Å². The van der Waals surface area contributed by atoms with Gasteiger partial charge in [0, 0.05) is 22.9 Å². The fraction of sp³-hybridized carbons (Fsp3) is 0.278. The summed E-state index contributed by atoms with van der Waals surface area (Å²) in [6, 6.07) is 8.81. The fourth-order valence-corrected chi connectivity index (χ4v) is 4.31. The van der Waals surface area contributed by atoms with Crippen molar-refractivity contribution in [3.05, 3.63) is 54.7 Å². The number of sulfonamides is 1. The van der Waals surface area contributed by atoms with Crippen molar-refractivity contribution in [1.29, 1.82) is 0 Å². The van der Waals surface area contributed by atoms with Crippen LogP contribution < -0.4 is 4.72 Å². The third kappa shape index (κ3) is 3.81. The average Bonchev–Trinajstić information content (AvgIpc) is 3.07. The Balaban J connectivity index is 2.09. The number of benzene rings is 1. The van der Waals surface area contributed by atoms with Crippen molar-refractivity contribution < 1.29 is 8.42 Å². The lowest BCUT2D eigenvalue weighted by Gasteiger charge is -2.22. The maximum absolute atomic E-state index is 12.9. The number of hydrogen-bond acceptors (Lipinski definition) is 5. The first-order valence-corrected chi connectivity index (χ1v) is 9.61. The Morgan fingerprint density at radius 1 is 1.04 bits per heavy atom. The topological polar surface area (TPSA) is 89.8 Å². The molecule has 2 aromatic heterocycles. The van der Waals surface area contributed by atoms with Crippen LogP contribution in [0.3, 0.4) is 0 Å². The summed E-state index contributed by atoms with van der Waals surface area (Å²) < 4.78 is 30.1. The molecule has 3 aromatic rings. The minimum Gasteiger partial charge on any atom is -0.272 e. The van der Waals surface area contributed by atoms with Crippen molar-refractivity contribution in [2.45, 2.75) is 38.1 Å². The highest BCUT2D eigenvalue weighted by Crippen LogP contribution is 2.30. The van der Waals surface area contributed by atoms with Crippen LogP contribution in [0, 0.1) is 6.92 Å². The van der Waals surface area contributed by atoms with E-state index in [9.17, 15) is 8.42 Å². The molecule has 3 rings (SSSR count). The molecule has 26 heavy (non-hydrogen) atoms. The molecule has 0 saturated carbocycles. The molecule has 0 atom stereocenters. The normalized spacial score (nSPS) is 12.3. The van der Waals surface area contributed by atoms with Gasteiger partial charge >= 0.3 is 0 Å². The zero-order chi connectivity index (χ0) is 18.9. The van der Waals surface area contributed by atoms with Crippen LogP contribution in [0.1, 0.15) is 26.3 Å². The molecule has 0 unspecified atom stereocenters. The van der Waals surface area contributed by atoms with Crippen molar-refractivity contribution in [2.75, 3.05) is 0 Å². The molecule has 0 radical (unpaired) electrons. The Kier molecular flexibility index (Phi) is 4.64. The highest BCUT2D eigenvalue weighted by atomic mass is 32.2. The molecule has 7 nitrogen and oxygen atoms in total. The summed E-state index contributed by atoms with van der Waals surface area (Å²) in [6.07, 6.45) is 4.80. The second-order valence-corrected chi connectivity index (χ2v) is 8.73. The first-order chi connectivity index (χ1) is 12.2. The summed E-state index contributed by atoms with van der Waals surface area (Å²) in [6.45, 7) is 7.36. The number of pyridine rings is 1. The van der Waals surface area contributed by atoms with Crippen LogP contribution in [-0.4, -0.2) is 33.7 Å². The minimum absolute atomic E-state index is 0.233. The van der Waals surface area contributed by atoms with Crippen LogP contribution in [0.25, 0.3) is 16.9 Å². The van der Waals surface area contributed by atoms with Crippen LogP contribution in [0.5, 0.6) is 0 Å². The SMILES string of the molecule is Cc1cc(-n2cnnc2)ncc1-c1ccccc1S(=O)(=O)NC(C)(C)C. The van der Waals surface area contributed by atoms with E-state index in [1.54, 1.807) is 41.6 Å². The second kappa shape index (κ2) is 6.62. The summed E-state index contributed by atoms with van der Waals surface area (Å²) in [5.41, 5.74) is 1.71. The number of hydrogen-bond donors (Lipinski definition) is 1. The molecule has 0 bridgehead atoms. The Morgan fingerprint density at radius 2 is 1.69 bits per heavy atom. The molecule has 0 spiro atoms. The molecule has 0 amide bonds. The summed E-state index contributed by atoms with van der Waals surface area (Å²) in [4.78, 5) is 4.66. The van der Waals surface area contributed by atoms with Crippen molar-refractivity contribution in [2.24, 2.45) is 0 Å². The van der Waals surface area contributed by atoms with Crippen LogP contribution in [0.15, 0.2) is 54.1 Å². The van der Waals surface area contributed by atoms with Crippen molar-refractivity contribution in [3.8, 4) is 16.9 Å². The molecular weight excluding hydrogens is 350 g/mol. The van der Waals surface area contributed by atoms with E-state index in [1.807, 2.05) is 39.8 Å². The Bertz CT molecular complexity index is 1020. The fourth-order valence-electron chi connectivity index (χ4n) is 2.66. The van der Waals surface area contributed by atoms with Gasteiger partial charge < -0.3 is 0 Å². The molecule has 136 valence electrons. The predicted molar refractivity (Wildman–Crippen MR) is 99.4 cm³/mol. The van der Waals surface area contributed by atoms with Crippen molar-refractivity contribution >= 4 is 10.0 Å². The second-order valence-electron chi connectivity index (χ2n) is 7.08. The number of nitrogens with one attached hydrogen (secondary N) is 1. The molecule has 0 saturated heterocycles.